The average molecular weight is 234 g/mol. The first kappa shape index (κ1) is 9.42. The van der Waals surface area contributed by atoms with E-state index < -0.39 is 0 Å². The van der Waals surface area contributed by atoms with E-state index in [1.165, 1.54) is 0 Å². The van der Waals surface area contributed by atoms with Gasteiger partial charge >= 0.3 is 0 Å². The monoisotopic (exact) mass is 233 g/mol. The Kier molecular flexibility index (Phi) is 1.97. The van der Waals surface area contributed by atoms with Gasteiger partial charge in [-0.3, -0.25) is 0 Å². The summed E-state index contributed by atoms with van der Waals surface area (Å²) >= 11 is 6.07. The number of pyridine rings is 1. The van der Waals surface area contributed by atoms with E-state index >= 15 is 0 Å². The number of halogens is 1. The quantitative estimate of drug-likeness (QED) is 0.658. The first-order valence-electron chi connectivity index (χ1n) is 4.77. The zero-order valence-electron chi connectivity index (χ0n) is 8.49. The number of rotatable bonds is 1. The summed E-state index contributed by atoms with van der Waals surface area (Å²) in [7, 11) is 1.56. The summed E-state index contributed by atoms with van der Waals surface area (Å²) in [6.45, 7) is 0. The fraction of sp³-hybridized carbons (Fsp3) is 0.0909. The van der Waals surface area contributed by atoms with Crippen LogP contribution in [0.3, 0.4) is 0 Å². The lowest BCUT2D eigenvalue weighted by Crippen LogP contribution is -1.82. The van der Waals surface area contributed by atoms with Gasteiger partial charge in [-0.05, 0) is 6.07 Å². The molecule has 5 heteroatoms. The van der Waals surface area contributed by atoms with Crippen LogP contribution in [-0.2, 0) is 0 Å². The van der Waals surface area contributed by atoms with Crippen molar-refractivity contribution >= 4 is 33.5 Å². The van der Waals surface area contributed by atoms with E-state index in [1.54, 1.807) is 7.11 Å². The molecule has 0 amide bonds. The number of H-pyrrole nitrogens is 1. The van der Waals surface area contributed by atoms with Crippen molar-refractivity contribution in [3.05, 3.63) is 29.4 Å². The highest BCUT2D eigenvalue weighted by atomic mass is 35.5. The lowest BCUT2D eigenvalue weighted by Gasteiger charge is -1.98. The predicted molar refractivity (Wildman–Crippen MR) is 63.0 cm³/mol. The van der Waals surface area contributed by atoms with Gasteiger partial charge in [-0.2, -0.15) is 4.98 Å². The molecule has 0 saturated carbocycles. The SMILES string of the molecule is COc1nc2c([nH]1)c(Cl)nc1ccccc12. The first-order chi connectivity index (χ1) is 7.79. The topological polar surface area (TPSA) is 50.8 Å². The number of methoxy groups -OCH3 is 1. The third-order valence-electron chi connectivity index (χ3n) is 2.46. The summed E-state index contributed by atoms with van der Waals surface area (Å²) < 4.78 is 5.05. The van der Waals surface area contributed by atoms with Crippen LogP contribution >= 0.6 is 11.6 Å². The Hall–Kier alpha value is -1.81. The highest BCUT2D eigenvalue weighted by Gasteiger charge is 2.11. The minimum atomic E-state index is 0.407. The van der Waals surface area contributed by atoms with Crippen LogP contribution in [0, 0.1) is 0 Å². The number of imidazole rings is 1. The largest absolute Gasteiger partial charge is 0.468 e. The molecule has 1 N–H and O–H groups in total. The number of para-hydroxylation sites is 1. The minimum absolute atomic E-state index is 0.407. The molecule has 80 valence electrons. The second-order valence-electron chi connectivity index (χ2n) is 3.39. The van der Waals surface area contributed by atoms with E-state index in [2.05, 4.69) is 15.0 Å². The zero-order valence-corrected chi connectivity index (χ0v) is 9.25. The van der Waals surface area contributed by atoms with Crippen LogP contribution in [0.5, 0.6) is 6.01 Å². The second-order valence-corrected chi connectivity index (χ2v) is 3.75. The van der Waals surface area contributed by atoms with E-state index in [4.69, 9.17) is 16.3 Å². The fourth-order valence-corrected chi connectivity index (χ4v) is 1.95. The number of aromatic nitrogens is 3. The number of hydrogen-bond acceptors (Lipinski definition) is 3. The van der Waals surface area contributed by atoms with Crippen molar-refractivity contribution in [1.82, 2.24) is 15.0 Å². The van der Waals surface area contributed by atoms with Gasteiger partial charge in [-0.25, -0.2) is 4.98 Å². The molecule has 4 nitrogen and oxygen atoms in total. The number of ether oxygens (including phenoxy) is 1. The van der Waals surface area contributed by atoms with Gasteiger partial charge in [0.15, 0.2) is 5.15 Å². The van der Waals surface area contributed by atoms with E-state index in [0.717, 1.165) is 16.4 Å². The maximum absolute atomic E-state index is 6.07. The Labute approximate surface area is 96.2 Å². The van der Waals surface area contributed by atoms with Crippen LogP contribution in [0.25, 0.3) is 21.9 Å². The molecule has 0 spiro atoms. The predicted octanol–water partition coefficient (Wildman–Crippen LogP) is 2.77. The molecule has 0 radical (unpaired) electrons. The molecule has 16 heavy (non-hydrogen) atoms. The van der Waals surface area contributed by atoms with Gasteiger partial charge in [0.05, 0.1) is 12.6 Å². The fourth-order valence-electron chi connectivity index (χ4n) is 1.73. The smallest absolute Gasteiger partial charge is 0.294 e. The zero-order chi connectivity index (χ0) is 11.1. The highest BCUT2D eigenvalue weighted by Crippen LogP contribution is 2.28. The number of benzene rings is 1. The molecule has 0 saturated heterocycles. The van der Waals surface area contributed by atoms with Gasteiger partial charge in [0.1, 0.15) is 11.0 Å². The van der Waals surface area contributed by atoms with Gasteiger partial charge in [0, 0.05) is 5.39 Å². The molecule has 0 aliphatic heterocycles. The third-order valence-corrected chi connectivity index (χ3v) is 2.73. The molecule has 0 atom stereocenters. The summed E-state index contributed by atoms with van der Waals surface area (Å²) in [6.07, 6.45) is 0. The van der Waals surface area contributed by atoms with Crippen LogP contribution in [0.15, 0.2) is 24.3 Å². The molecule has 3 rings (SSSR count). The van der Waals surface area contributed by atoms with Crippen molar-refractivity contribution in [2.75, 3.05) is 7.11 Å². The standard InChI is InChI=1S/C11H8ClN3O/c1-16-11-14-8-6-4-2-3-5-7(6)13-10(12)9(8)15-11/h2-5H,1H3,(H,14,15). The van der Waals surface area contributed by atoms with Crippen LogP contribution in [-0.4, -0.2) is 22.1 Å². The lowest BCUT2D eigenvalue weighted by molar-refractivity contribution is 0.386. The molecule has 0 aliphatic carbocycles. The highest BCUT2D eigenvalue weighted by molar-refractivity contribution is 6.35. The average Bonchev–Trinajstić information content (AvgIpc) is 2.74. The summed E-state index contributed by atoms with van der Waals surface area (Å²) in [5.74, 6) is 0. The molecule has 0 bridgehead atoms. The van der Waals surface area contributed by atoms with Crippen LogP contribution in [0.2, 0.25) is 5.15 Å². The number of nitrogens with one attached hydrogen (secondary N) is 1. The summed E-state index contributed by atoms with van der Waals surface area (Å²) in [5.41, 5.74) is 2.32. The Morgan fingerprint density at radius 1 is 1.25 bits per heavy atom. The first-order valence-corrected chi connectivity index (χ1v) is 5.15. The van der Waals surface area contributed by atoms with Crippen molar-refractivity contribution in [2.45, 2.75) is 0 Å². The van der Waals surface area contributed by atoms with E-state index in [0.29, 0.717) is 16.7 Å². The second kappa shape index (κ2) is 3.35. The summed E-state index contributed by atoms with van der Waals surface area (Å²) in [6, 6.07) is 8.17. The maximum Gasteiger partial charge on any atom is 0.294 e. The Balaban J connectivity index is 2.52. The molecular weight excluding hydrogens is 226 g/mol. The van der Waals surface area contributed by atoms with Crippen molar-refractivity contribution in [3.8, 4) is 6.01 Å². The van der Waals surface area contributed by atoms with Crippen LogP contribution in [0.4, 0.5) is 0 Å². The Bertz CT molecular complexity index is 677. The molecule has 3 aromatic rings. The third kappa shape index (κ3) is 1.23. The maximum atomic E-state index is 6.07. The van der Waals surface area contributed by atoms with Crippen molar-refractivity contribution < 1.29 is 4.74 Å². The molecule has 2 aromatic heterocycles. The van der Waals surface area contributed by atoms with Crippen LogP contribution in [0.1, 0.15) is 0 Å². The lowest BCUT2D eigenvalue weighted by atomic mass is 10.2. The van der Waals surface area contributed by atoms with Gasteiger partial charge in [0.2, 0.25) is 0 Å². The van der Waals surface area contributed by atoms with Crippen LogP contribution < -0.4 is 4.74 Å². The van der Waals surface area contributed by atoms with Crippen molar-refractivity contribution in [2.24, 2.45) is 0 Å². The molecule has 0 aliphatic rings. The molecule has 1 aromatic carbocycles. The van der Waals surface area contributed by atoms with E-state index in [1.807, 2.05) is 24.3 Å². The van der Waals surface area contributed by atoms with Gasteiger partial charge in [-0.1, -0.05) is 29.8 Å². The molecule has 0 fully saturated rings. The van der Waals surface area contributed by atoms with E-state index in [-0.39, 0.29) is 0 Å². The van der Waals surface area contributed by atoms with Gasteiger partial charge in [-0.15, -0.1) is 0 Å². The molecule has 0 unspecified atom stereocenters. The Morgan fingerprint density at radius 3 is 2.88 bits per heavy atom. The molecular formula is C11H8ClN3O. The number of nitrogens with zero attached hydrogens (tertiary/aromatic N) is 2. The van der Waals surface area contributed by atoms with Crippen molar-refractivity contribution in [1.29, 1.82) is 0 Å². The van der Waals surface area contributed by atoms with Gasteiger partial charge in [0.25, 0.3) is 6.01 Å². The number of aromatic amines is 1. The van der Waals surface area contributed by atoms with E-state index in [9.17, 15) is 0 Å². The minimum Gasteiger partial charge on any atom is -0.468 e. The molecule has 2 heterocycles. The Morgan fingerprint density at radius 2 is 2.06 bits per heavy atom. The van der Waals surface area contributed by atoms with Gasteiger partial charge < -0.3 is 9.72 Å². The normalized spacial score (nSPS) is 11.1. The number of fused-ring (bicyclic) bond motifs is 3. The van der Waals surface area contributed by atoms with Crippen molar-refractivity contribution in [3.63, 3.8) is 0 Å². The summed E-state index contributed by atoms with van der Waals surface area (Å²) in [5, 5.41) is 1.37. The number of hydrogen-bond donors (Lipinski definition) is 1. The summed E-state index contributed by atoms with van der Waals surface area (Å²) in [4.78, 5) is 11.6.